The molecule has 82 valence electrons. The number of hydrogen-bond donors (Lipinski definition) is 1. The number of nitrogens with one attached hydrogen (secondary N) is 1. The second-order valence-electron chi connectivity index (χ2n) is 4.54. The lowest BCUT2D eigenvalue weighted by Gasteiger charge is -2.31. The SMILES string of the molecule is Cc1ccc(C2(F)CCCNC2)cc1C. The van der Waals surface area contributed by atoms with E-state index in [1.54, 1.807) is 0 Å². The molecule has 2 rings (SSSR count). The molecule has 0 amide bonds. The van der Waals surface area contributed by atoms with Crippen molar-refractivity contribution in [3.8, 4) is 0 Å². The highest BCUT2D eigenvalue weighted by atomic mass is 19.1. The highest BCUT2D eigenvalue weighted by Crippen LogP contribution is 2.33. The van der Waals surface area contributed by atoms with Gasteiger partial charge in [-0.05, 0) is 49.9 Å². The number of alkyl halides is 1. The first-order chi connectivity index (χ1) is 7.12. The van der Waals surface area contributed by atoms with Crippen molar-refractivity contribution < 1.29 is 4.39 Å². The van der Waals surface area contributed by atoms with E-state index in [1.807, 2.05) is 25.1 Å². The summed E-state index contributed by atoms with van der Waals surface area (Å²) in [4.78, 5) is 0. The lowest BCUT2D eigenvalue weighted by molar-refractivity contribution is 0.122. The molecule has 0 bridgehead atoms. The van der Waals surface area contributed by atoms with Crippen LogP contribution in [0.3, 0.4) is 0 Å². The molecule has 0 aromatic heterocycles. The zero-order chi connectivity index (χ0) is 10.9. The number of piperidine rings is 1. The van der Waals surface area contributed by atoms with E-state index in [-0.39, 0.29) is 0 Å². The Balaban J connectivity index is 2.31. The number of benzene rings is 1. The molecule has 0 saturated carbocycles. The van der Waals surface area contributed by atoms with Crippen molar-refractivity contribution in [3.63, 3.8) is 0 Å². The van der Waals surface area contributed by atoms with E-state index in [2.05, 4.69) is 12.2 Å². The minimum Gasteiger partial charge on any atom is -0.313 e. The zero-order valence-corrected chi connectivity index (χ0v) is 9.44. The fourth-order valence-electron chi connectivity index (χ4n) is 2.14. The van der Waals surface area contributed by atoms with Gasteiger partial charge < -0.3 is 5.32 Å². The van der Waals surface area contributed by atoms with E-state index < -0.39 is 5.67 Å². The highest BCUT2D eigenvalue weighted by Gasteiger charge is 2.33. The second kappa shape index (κ2) is 3.93. The van der Waals surface area contributed by atoms with E-state index in [0.29, 0.717) is 13.0 Å². The molecule has 0 aliphatic carbocycles. The Morgan fingerprint density at radius 3 is 2.67 bits per heavy atom. The Hall–Kier alpha value is -0.890. The average molecular weight is 207 g/mol. The summed E-state index contributed by atoms with van der Waals surface area (Å²) in [5, 5.41) is 3.13. The number of rotatable bonds is 1. The van der Waals surface area contributed by atoms with Gasteiger partial charge in [0.25, 0.3) is 0 Å². The van der Waals surface area contributed by atoms with Gasteiger partial charge in [0.1, 0.15) is 5.67 Å². The molecule has 1 heterocycles. The molecule has 0 radical (unpaired) electrons. The van der Waals surface area contributed by atoms with E-state index >= 15 is 0 Å². The van der Waals surface area contributed by atoms with Crippen LogP contribution in [0, 0.1) is 13.8 Å². The van der Waals surface area contributed by atoms with Gasteiger partial charge in [0.15, 0.2) is 0 Å². The third kappa shape index (κ3) is 2.05. The fourth-order valence-corrected chi connectivity index (χ4v) is 2.14. The summed E-state index contributed by atoms with van der Waals surface area (Å²) in [6, 6.07) is 5.93. The zero-order valence-electron chi connectivity index (χ0n) is 9.44. The molecular formula is C13H18FN. The summed E-state index contributed by atoms with van der Waals surface area (Å²) < 4.78 is 14.6. The maximum Gasteiger partial charge on any atom is 0.148 e. The van der Waals surface area contributed by atoms with Crippen molar-refractivity contribution >= 4 is 0 Å². The lowest BCUT2D eigenvalue weighted by atomic mass is 9.87. The van der Waals surface area contributed by atoms with Crippen LogP contribution in [0.1, 0.15) is 29.5 Å². The molecular weight excluding hydrogens is 189 g/mol. The molecule has 15 heavy (non-hydrogen) atoms. The fraction of sp³-hybridized carbons (Fsp3) is 0.538. The van der Waals surface area contributed by atoms with Crippen LogP contribution < -0.4 is 5.32 Å². The molecule has 1 aromatic rings. The summed E-state index contributed by atoms with van der Waals surface area (Å²) in [5.74, 6) is 0. The Morgan fingerprint density at radius 2 is 2.07 bits per heavy atom. The monoisotopic (exact) mass is 207 g/mol. The molecule has 1 fully saturated rings. The number of halogens is 1. The minimum absolute atomic E-state index is 0.454. The average Bonchev–Trinajstić information content (AvgIpc) is 2.23. The molecule has 1 unspecified atom stereocenters. The molecule has 1 aliphatic heterocycles. The van der Waals surface area contributed by atoms with Gasteiger partial charge in [-0.15, -0.1) is 0 Å². The smallest absolute Gasteiger partial charge is 0.148 e. The third-order valence-corrected chi connectivity index (χ3v) is 3.36. The van der Waals surface area contributed by atoms with E-state index in [9.17, 15) is 4.39 Å². The molecule has 1 aliphatic rings. The summed E-state index contributed by atoms with van der Waals surface area (Å²) >= 11 is 0. The van der Waals surface area contributed by atoms with Gasteiger partial charge in [0.05, 0.1) is 0 Å². The van der Waals surface area contributed by atoms with Gasteiger partial charge >= 0.3 is 0 Å². The van der Waals surface area contributed by atoms with Crippen molar-refractivity contribution in [1.82, 2.24) is 5.32 Å². The Labute approximate surface area is 90.7 Å². The first-order valence-corrected chi connectivity index (χ1v) is 5.59. The van der Waals surface area contributed by atoms with Crippen LogP contribution in [-0.2, 0) is 5.67 Å². The van der Waals surface area contributed by atoms with Gasteiger partial charge in [-0.1, -0.05) is 18.2 Å². The van der Waals surface area contributed by atoms with Crippen LogP contribution in [-0.4, -0.2) is 13.1 Å². The molecule has 1 atom stereocenters. The van der Waals surface area contributed by atoms with Crippen LogP contribution in [0.5, 0.6) is 0 Å². The van der Waals surface area contributed by atoms with E-state index in [0.717, 1.165) is 18.5 Å². The van der Waals surface area contributed by atoms with Crippen molar-refractivity contribution in [3.05, 3.63) is 34.9 Å². The van der Waals surface area contributed by atoms with Gasteiger partial charge in [-0.25, -0.2) is 4.39 Å². The largest absolute Gasteiger partial charge is 0.313 e. The normalized spacial score (nSPS) is 26.6. The molecule has 1 nitrogen and oxygen atoms in total. The first-order valence-electron chi connectivity index (χ1n) is 5.59. The molecule has 1 N–H and O–H groups in total. The number of aryl methyl sites for hydroxylation is 2. The van der Waals surface area contributed by atoms with Crippen molar-refractivity contribution in [2.24, 2.45) is 0 Å². The molecule has 1 saturated heterocycles. The summed E-state index contributed by atoms with van der Waals surface area (Å²) in [7, 11) is 0. The molecule has 2 heteroatoms. The van der Waals surface area contributed by atoms with Crippen molar-refractivity contribution in [2.75, 3.05) is 13.1 Å². The predicted molar refractivity (Wildman–Crippen MR) is 60.8 cm³/mol. The second-order valence-corrected chi connectivity index (χ2v) is 4.54. The maximum absolute atomic E-state index is 14.6. The topological polar surface area (TPSA) is 12.0 Å². The van der Waals surface area contributed by atoms with Crippen LogP contribution in [0.4, 0.5) is 4.39 Å². The van der Waals surface area contributed by atoms with Crippen LogP contribution in [0.25, 0.3) is 0 Å². The van der Waals surface area contributed by atoms with Crippen molar-refractivity contribution in [2.45, 2.75) is 32.4 Å². The van der Waals surface area contributed by atoms with Gasteiger partial charge in [0.2, 0.25) is 0 Å². The van der Waals surface area contributed by atoms with Crippen molar-refractivity contribution in [1.29, 1.82) is 0 Å². The number of hydrogen-bond acceptors (Lipinski definition) is 1. The van der Waals surface area contributed by atoms with Crippen LogP contribution >= 0.6 is 0 Å². The Kier molecular flexibility index (Phi) is 2.79. The summed E-state index contributed by atoms with van der Waals surface area (Å²) in [6.07, 6.45) is 1.56. The van der Waals surface area contributed by atoms with E-state index in [4.69, 9.17) is 0 Å². The third-order valence-electron chi connectivity index (χ3n) is 3.36. The first kappa shape index (κ1) is 10.6. The van der Waals surface area contributed by atoms with Crippen LogP contribution in [0.15, 0.2) is 18.2 Å². The summed E-state index contributed by atoms with van der Waals surface area (Å²) in [5.41, 5.74) is 2.08. The summed E-state index contributed by atoms with van der Waals surface area (Å²) in [6.45, 7) is 5.49. The van der Waals surface area contributed by atoms with Gasteiger partial charge in [0, 0.05) is 6.54 Å². The molecule has 0 spiro atoms. The standard InChI is InChI=1S/C13H18FN/c1-10-4-5-12(8-11(10)2)13(14)6-3-7-15-9-13/h4-5,8,15H,3,6-7,9H2,1-2H3. The highest BCUT2D eigenvalue weighted by molar-refractivity contribution is 5.33. The quantitative estimate of drug-likeness (QED) is 0.746. The van der Waals surface area contributed by atoms with Gasteiger partial charge in [-0.3, -0.25) is 0 Å². The van der Waals surface area contributed by atoms with E-state index in [1.165, 1.54) is 11.1 Å². The Bertz CT molecular complexity index is 354. The minimum atomic E-state index is -1.16. The van der Waals surface area contributed by atoms with Crippen LogP contribution in [0.2, 0.25) is 0 Å². The Morgan fingerprint density at radius 1 is 1.27 bits per heavy atom. The maximum atomic E-state index is 14.6. The van der Waals surface area contributed by atoms with Gasteiger partial charge in [-0.2, -0.15) is 0 Å². The molecule has 1 aromatic carbocycles. The predicted octanol–water partition coefficient (Wildman–Crippen LogP) is 2.85. The lowest BCUT2D eigenvalue weighted by Crippen LogP contribution is -2.40.